The van der Waals surface area contributed by atoms with Crippen molar-refractivity contribution >= 4 is 43.6 Å². The fraction of sp³-hybridized carbons (Fsp3) is 0. The molecule has 0 aliphatic heterocycles. The highest BCUT2D eigenvalue weighted by atomic mass is 79.9. The Morgan fingerprint density at radius 3 is 2.52 bits per heavy atom. The van der Waals surface area contributed by atoms with Crippen molar-refractivity contribution in [2.45, 2.75) is 0 Å². The summed E-state index contributed by atoms with van der Waals surface area (Å²) in [7, 11) is 0. The van der Waals surface area contributed by atoms with Crippen molar-refractivity contribution in [2.75, 3.05) is 0 Å². The lowest BCUT2D eigenvalue weighted by Crippen LogP contribution is -1.91. The molecule has 3 aromatic carbocycles. The van der Waals surface area contributed by atoms with Gasteiger partial charge in [0, 0.05) is 26.9 Å². The number of nitrogens with zero attached hydrogens (tertiary/aromatic N) is 1. The topological polar surface area (TPSA) is 56.3 Å². The van der Waals surface area contributed by atoms with E-state index in [1.54, 1.807) is 18.2 Å². The summed E-state index contributed by atoms with van der Waals surface area (Å²) < 4.78 is 6.93. The molecular weight excluding hydrogens is 358 g/mol. The summed E-state index contributed by atoms with van der Waals surface area (Å²) in [6.45, 7) is 0. The molecule has 112 valence electrons. The van der Waals surface area contributed by atoms with Gasteiger partial charge in [0.25, 0.3) is 5.69 Å². The number of nitro groups is 1. The zero-order valence-electron chi connectivity index (χ0n) is 11.8. The zero-order valence-corrected chi connectivity index (χ0v) is 13.4. The van der Waals surface area contributed by atoms with Gasteiger partial charge >= 0.3 is 0 Å². The van der Waals surface area contributed by atoms with E-state index in [0.717, 1.165) is 26.4 Å². The minimum atomic E-state index is -0.368. The molecule has 0 aliphatic rings. The first-order valence-corrected chi connectivity index (χ1v) is 7.79. The lowest BCUT2D eigenvalue weighted by atomic mass is 10.0. The van der Waals surface area contributed by atoms with Gasteiger partial charge in [0.2, 0.25) is 0 Å². The molecule has 4 rings (SSSR count). The maximum atomic E-state index is 11.3. The van der Waals surface area contributed by atoms with Crippen LogP contribution in [0.4, 0.5) is 5.69 Å². The van der Waals surface area contributed by atoms with E-state index in [4.69, 9.17) is 4.42 Å². The summed E-state index contributed by atoms with van der Waals surface area (Å²) in [5.41, 5.74) is 2.76. The summed E-state index contributed by atoms with van der Waals surface area (Å²) in [6, 6.07) is 18.3. The Morgan fingerprint density at radius 1 is 0.913 bits per heavy atom. The van der Waals surface area contributed by atoms with Crippen LogP contribution in [0.3, 0.4) is 0 Å². The van der Waals surface area contributed by atoms with E-state index >= 15 is 0 Å². The number of hydrogen-bond donors (Lipinski definition) is 0. The third-order valence-corrected chi connectivity index (χ3v) is 4.35. The molecule has 0 spiro atoms. The molecule has 0 amide bonds. The molecule has 0 saturated heterocycles. The fourth-order valence-corrected chi connectivity index (χ4v) is 3.18. The number of para-hydroxylation sites is 2. The van der Waals surface area contributed by atoms with Gasteiger partial charge < -0.3 is 4.42 Å². The Hall–Kier alpha value is -2.66. The predicted molar refractivity (Wildman–Crippen MR) is 93.5 cm³/mol. The first-order chi connectivity index (χ1) is 11.1. The highest BCUT2D eigenvalue weighted by Gasteiger charge is 2.19. The minimum absolute atomic E-state index is 0.0710. The van der Waals surface area contributed by atoms with Crippen molar-refractivity contribution < 1.29 is 9.34 Å². The van der Waals surface area contributed by atoms with Gasteiger partial charge in [0.1, 0.15) is 11.2 Å². The van der Waals surface area contributed by atoms with E-state index in [2.05, 4.69) is 15.9 Å². The molecule has 0 radical (unpaired) electrons. The number of nitro benzene ring substituents is 1. The number of benzene rings is 3. The standard InChI is InChI=1S/C18H10BrNO3/c19-11-8-9-13-15-6-3-5-14(18(15)23-17(13)10-11)12-4-1-2-7-16(12)20(21)22/h1-10H. The van der Waals surface area contributed by atoms with E-state index in [0.29, 0.717) is 11.1 Å². The average Bonchev–Trinajstić information content (AvgIpc) is 2.92. The van der Waals surface area contributed by atoms with Crippen molar-refractivity contribution in [2.24, 2.45) is 0 Å². The predicted octanol–water partition coefficient (Wildman–Crippen LogP) is 5.92. The largest absolute Gasteiger partial charge is 0.455 e. The van der Waals surface area contributed by atoms with Gasteiger partial charge in [-0.2, -0.15) is 0 Å². The van der Waals surface area contributed by atoms with E-state index in [-0.39, 0.29) is 10.6 Å². The number of furan rings is 1. The molecule has 4 nitrogen and oxygen atoms in total. The van der Waals surface area contributed by atoms with Gasteiger partial charge in [-0.25, -0.2) is 0 Å². The third-order valence-electron chi connectivity index (χ3n) is 3.85. The van der Waals surface area contributed by atoms with Crippen molar-refractivity contribution in [3.8, 4) is 11.1 Å². The van der Waals surface area contributed by atoms with Gasteiger partial charge in [-0.1, -0.05) is 46.3 Å². The van der Waals surface area contributed by atoms with Crippen molar-refractivity contribution in [1.82, 2.24) is 0 Å². The number of hydrogen-bond acceptors (Lipinski definition) is 3. The van der Waals surface area contributed by atoms with Gasteiger partial charge in [0.15, 0.2) is 0 Å². The molecule has 4 aromatic rings. The van der Waals surface area contributed by atoms with Crippen LogP contribution < -0.4 is 0 Å². The molecule has 0 saturated carbocycles. The number of halogens is 1. The van der Waals surface area contributed by atoms with Gasteiger partial charge in [-0.3, -0.25) is 10.1 Å². The Kier molecular flexibility index (Phi) is 3.16. The van der Waals surface area contributed by atoms with Crippen LogP contribution in [-0.2, 0) is 0 Å². The quantitative estimate of drug-likeness (QED) is 0.326. The molecular formula is C18H10BrNO3. The van der Waals surface area contributed by atoms with Crippen LogP contribution in [0.5, 0.6) is 0 Å². The fourth-order valence-electron chi connectivity index (χ4n) is 2.84. The first kappa shape index (κ1) is 14.0. The van der Waals surface area contributed by atoms with Crippen molar-refractivity contribution in [3.05, 3.63) is 75.3 Å². The molecule has 0 aliphatic carbocycles. The number of fused-ring (bicyclic) bond motifs is 3. The van der Waals surface area contributed by atoms with Crippen LogP contribution >= 0.6 is 15.9 Å². The highest BCUT2D eigenvalue weighted by molar-refractivity contribution is 9.10. The molecule has 0 N–H and O–H groups in total. The lowest BCUT2D eigenvalue weighted by Gasteiger charge is -2.03. The molecule has 23 heavy (non-hydrogen) atoms. The molecule has 0 fully saturated rings. The lowest BCUT2D eigenvalue weighted by molar-refractivity contribution is -0.384. The molecule has 0 unspecified atom stereocenters. The summed E-state index contributed by atoms with van der Waals surface area (Å²) in [6.07, 6.45) is 0. The normalized spacial score (nSPS) is 11.2. The smallest absolute Gasteiger partial charge is 0.277 e. The summed E-state index contributed by atoms with van der Waals surface area (Å²) in [5, 5.41) is 13.3. The Morgan fingerprint density at radius 2 is 1.70 bits per heavy atom. The molecule has 0 atom stereocenters. The van der Waals surface area contributed by atoms with Crippen molar-refractivity contribution in [1.29, 1.82) is 0 Å². The second-order valence-corrected chi connectivity index (χ2v) is 6.11. The van der Waals surface area contributed by atoms with E-state index in [9.17, 15) is 10.1 Å². The number of rotatable bonds is 2. The molecule has 5 heteroatoms. The summed E-state index contributed by atoms with van der Waals surface area (Å²) >= 11 is 3.43. The van der Waals surface area contributed by atoms with Gasteiger partial charge in [0.05, 0.1) is 10.5 Å². The van der Waals surface area contributed by atoms with Gasteiger partial charge in [-0.15, -0.1) is 0 Å². The van der Waals surface area contributed by atoms with Crippen LogP contribution in [-0.4, -0.2) is 4.92 Å². The Bertz CT molecular complexity index is 1070. The zero-order chi connectivity index (χ0) is 16.0. The van der Waals surface area contributed by atoms with Gasteiger partial charge in [-0.05, 0) is 24.3 Å². The van der Waals surface area contributed by atoms with Crippen LogP contribution in [0, 0.1) is 10.1 Å². The average molecular weight is 368 g/mol. The maximum Gasteiger partial charge on any atom is 0.277 e. The first-order valence-electron chi connectivity index (χ1n) is 7.00. The monoisotopic (exact) mass is 367 g/mol. The maximum absolute atomic E-state index is 11.3. The molecule has 0 bridgehead atoms. The van der Waals surface area contributed by atoms with Crippen LogP contribution in [0.2, 0.25) is 0 Å². The van der Waals surface area contributed by atoms with E-state index < -0.39 is 0 Å². The Labute approximate surface area is 139 Å². The second kappa shape index (κ2) is 5.21. The SMILES string of the molecule is O=[N+]([O-])c1ccccc1-c1cccc2c1oc1cc(Br)ccc12. The second-order valence-electron chi connectivity index (χ2n) is 5.20. The van der Waals surface area contributed by atoms with Crippen LogP contribution in [0.1, 0.15) is 0 Å². The summed E-state index contributed by atoms with van der Waals surface area (Å²) in [4.78, 5) is 10.9. The molecule has 1 heterocycles. The molecule has 1 aromatic heterocycles. The van der Waals surface area contributed by atoms with E-state index in [1.807, 2.05) is 36.4 Å². The summed E-state index contributed by atoms with van der Waals surface area (Å²) in [5.74, 6) is 0. The Balaban J connectivity index is 2.09. The van der Waals surface area contributed by atoms with Crippen molar-refractivity contribution in [3.63, 3.8) is 0 Å². The van der Waals surface area contributed by atoms with Crippen LogP contribution in [0.25, 0.3) is 33.1 Å². The van der Waals surface area contributed by atoms with E-state index in [1.165, 1.54) is 6.07 Å². The third kappa shape index (κ3) is 2.21. The minimum Gasteiger partial charge on any atom is -0.455 e. The van der Waals surface area contributed by atoms with Crippen LogP contribution in [0.15, 0.2) is 69.6 Å². The highest BCUT2D eigenvalue weighted by Crippen LogP contribution is 2.39.